The van der Waals surface area contributed by atoms with Crippen LogP contribution in [0.5, 0.6) is 11.5 Å². The molecule has 0 radical (unpaired) electrons. The molecule has 3 rings (SSSR count). The van der Waals surface area contributed by atoms with Crippen LogP contribution in [0, 0.1) is 0 Å². The molecule has 0 bridgehead atoms. The minimum Gasteiger partial charge on any atom is -0.457 e. The highest BCUT2D eigenvalue weighted by molar-refractivity contribution is 9.10. The first-order valence-corrected chi connectivity index (χ1v) is 7.00. The van der Waals surface area contributed by atoms with Crippen molar-refractivity contribution in [2.24, 2.45) is 0 Å². The lowest BCUT2D eigenvalue weighted by Crippen LogP contribution is -1.84. The first-order valence-electron chi connectivity index (χ1n) is 5.83. The highest BCUT2D eigenvalue weighted by Gasteiger charge is 2.00. The topological polar surface area (TPSA) is 9.23 Å². The lowest BCUT2D eigenvalue weighted by Gasteiger charge is -2.07. The van der Waals surface area contributed by atoms with E-state index in [1.54, 1.807) is 0 Å². The zero-order valence-electron chi connectivity index (χ0n) is 9.94. The van der Waals surface area contributed by atoms with Crippen molar-refractivity contribution in [3.05, 3.63) is 70.2 Å². The lowest BCUT2D eigenvalue weighted by atomic mass is 10.1. The first kappa shape index (κ1) is 12.5. The second kappa shape index (κ2) is 5.24. The largest absolute Gasteiger partial charge is 0.457 e. The number of halogens is 2. The van der Waals surface area contributed by atoms with Crippen molar-refractivity contribution >= 4 is 38.3 Å². The maximum atomic E-state index is 5.85. The first-order chi connectivity index (χ1) is 9.20. The summed E-state index contributed by atoms with van der Waals surface area (Å²) in [5.74, 6) is 1.60. The van der Waals surface area contributed by atoms with Gasteiger partial charge in [0.2, 0.25) is 0 Å². The minimum absolute atomic E-state index is 0.704. The molecule has 0 unspecified atom stereocenters. The van der Waals surface area contributed by atoms with Crippen LogP contribution in [0.4, 0.5) is 0 Å². The molecule has 3 heteroatoms. The molecule has 0 aromatic heterocycles. The summed E-state index contributed by atoms with van der Waals surface area (Å²) in [6, 6.07) is 19.5. The summed E-state index contributed by atoms with van der Waals surface area (Å²) in [5, 5.41) is 3.03. The highest BCUT2D eigenvalue weighted by Crippen LogP contribution is 2.28. The average Bonchev–Trinajstić information content (AvgIpc) is 2.42. The van der Waals surface area contributed by atoms with Gasteiger partial charge in [-0.15, -0.1) is 0 Å². The van der Waals surface area contributed by atoms with Crippen LogP contribution in [0.15, 0.2) is 65.1 Å². The SMILES string of the molecule is Clc1ccc(Oc2ccc3cc(Br)ccc3c2)cc1. The Hall–Kier alpha value is -1.51. The van der Waals surface area contributed by atoms with Gasteiger partial charge in [-0.1, -0.05) is 39.7 Å². The summed E-state index contributed by atoms with van der Waals surface area (Å²) < 4.78 is 6.88. The Labute approximate surface area is 124 Å². The minimum atomic E-state index is 0.704. The number of fused-ring (bicyclic) bond motifs is 1. The number of rotatable bonds is 2. The van der Waals surface area contributed by atoms with Gasteiger partial charge in [0.05, 0.1) is 0 Å². The summed E-state index contributed by atoms with van der Waals surface area (Å²) in [7, 11) is 0. The van der Waals surface area contributed by atoms with E-state index >= 15 is 0 Å². The molecule has 0 spiro atoms. The van der Waals surface area contributed by atoms with Crippen LogP contribution < -0.4 is 4.74 Å². The van der Waals surface area contributed by atoms with Gasteiger partial charge in [0, 0.05) is 9.50 Å². The summed E-state index contributed by atoms with van der Waals surface area (Å²) >= 11 is 9.32. The molecule has 0 heterocycles. The maximum Gasteiger partial charge on any atom is 0.128 e. The smallest absolute Gasteiger partial charge is 0.128 e. The normalized spacial score (nSPS) is 10.6. The van der Waals surface area contributed by atoms with Crippen molar-refractivity contribution in [3.8, 4) is 11.5 Å². The quantitative estimate of drug-likeness (QED) is 0.555. The molecule has 3 aromatic rings. The molecule has 0 saturated heterocycles. The third-order valence-corrected chi connectivity index (χ3v) is 3.57. The fourth-order valence-electron chi connectivity index (χ4n) is 1.90. The Morgan fingerprint density at radius 2 is 1.37 bits per heavy atom. The van der Waals surface area contributed by atoms with Crippen molar-refractivity contribution in [1.82, 2.24) is 0 Å². The van der Waals surface area contributed by atoms with Crippen LogP contribution in [0.3, 0.4) is 0 Å². The Morgan fingerprint density at radius 1 is 0.737 bits per heavy atom. The van der Waals surface area contributed by atoms with Crippen LogP contribution in [0.2, 0.25) is 5.02 Å². The van der Waals surface area contributed by atoms with E-state index in [1.807, 2.05) is 48.5 Å². The Bertz CT molecular complexity index is 722. The van der Waals surface area contributed by atoms with Gasteiger partial charge in [-0.3, -0.25) is 0 Å². The number of benzene rings is 3. The lowest BCUT2D eigenvalue weighted by molar-refractivity contribution is 0.483. The molecule has 0 saturated carbocycles. The van der Waals surface area contributed by atoms with Crippen molar-refractivity contribution in [3.63, 3.8) is 0 Å². The zero-order valence-corrected chi connectivity index (χ0v) is 12.3. The van der Waals surface area contributed by atoms with E-state index in [9.17, 15) is 0 Å². The number of ether oxygens (including phenoxy) is 1. The molecule has 19 heavy (non-hydrogen) atoms. The summed E-state index contributed by atoms with van der Waals surface area (Å²) in [5.41, 5.74) is 0. The van der Waals surface area contributed by atoms with E-state index < -0.39 is 0 Å². The highest BCUT2D eigenvalue weighted by atomic mass is 79.9. The summed E-state index contributed by atoms with van der Waals surface area (Å²) in [4.78, 5) is 0. The van der Waals surface area contributed by atoms with Gasteiger partial charge >= 0.3 is 0 Å². The van der Waals surface area contributed by atoms with Gasteiger partial charge in [-0.25, -0.2) is 0 Å². The van der Waals surface area contributed by atoms with Gasteiger partial charge in [-0.05, 0) is 59.3 Å². The maximum absolute atomic E-state index is 5.85. The fourth-order valence-corrected chi connectivity index (χ4v) is 2.40. The predicted molar refractivity (Wildman–Crippen MR) is 83.2 cm³/mol. The van der Waals surface area contributed by atoms with E-state index in [-0.39, 0.29) is 0 Å². The van der Waals surface area contributed by atoms with Crippen LogP contribution in [0.1, 0.15) is 0 Å². The molecular formula is C16H10BrClO. The molecular weight excluding hydrogens is 324 g/mol. The van der Waals surface area contributed by atoms with Crippen LogP contribution >= 0.6 is 27.5 Å². The van der Waals surface area contributed by atoms with Crippen LogP contribution in [-0.2, 0) is 0 Å². The van der Waals surface area contributed by atoms with E-state index in [0.717, 1.165) is 21.4 Å². The van der Waals surface area contributed by atoms with Crippen molar-refractivity contribution < 1.29 is 4.74 Å². The molecule has 1 nitrogen and oxygen atoms in total. The second-order valence-corrected chi connectivity index (χ2v) is 5.56. The van der Waals surface area contributed by atoms with E-state index in [1.165, 1.54) is 5.39 Å². The molecule has 0 aliphatic carbocycles. The molecule has 94 valence electrons. The van der Waals surface area contributed by atoms with Gasteiger partial charge in [0.1, 0.15) is 11.5 Å². The van der Waals surface area contributed by atoms with Crippen molar-refractivity contribution in [1.29, 1.82) is 0 Å². The number of hydrogen-bond donors (Lipinski definition) is 0. The Morgan fingerprint density at radius 3 is 2.16 bits per heavy atom. The third-order valence-electron chi connectivity index (χ3n) is 2.82. The van der Waals surface area contributed by atoms with Crippen molar-refractivity contribution in [2.75, 3.05) is 0 Å². The van der Waals surface area contributed by atoms with Crippen LogP contribution in [0.25, 0.3) is 10.8 Å². The molecule has 0 amide bonds. The average molecular weight is 334 g/mol. The van der Waals surface area contributed by atoms with Gasteiger partial charge in [-0.2, -0.15) is 0 Å². The fraction of sp³-hybridized carbons (Fsp3) is 0. The van der Waals surface area contributed by atoms with Gasteiger partial charge < -0.3 is 4.74 Å². The number of hydrogen-bond acceptors (Lipinski definition) is 1. The van der Waals surface area contributed by atoms with Gasteiger partial charge in [0.15, 0.2) is 0 Å². The molecule has 0 atom stereocenters. The standard InChI is InChI=1S/C16H10BrClO/c17-13-3-1-12-10-16(6-2-11(12)9-13)19-15-7-4-14(18)5-8-15/h1-10H. The molecule has 0 N–H and O–H groups in total. The van der Waals surface area contributed by atoms with E-state index in [2.05, 4.69) is 28.1 Å². The molecule has 0 aliphatic rings. The summed E-state index contributed by atoms with van der Waals surface area (Å²) in [6.07, 6.45) is 0. The van der Waals surface area contributed by atoms with Crippen molar-refractivity contribution in [2.45, 2.75) is 0 Å². The third kappa shape index (κ3) is 2.91. The zero-order chi connectivity index (χ0) is 13.2. The molecule has 3 aromatic carbocycles. The molecule has 0 fully saturated rings. The predicted octanol–water partition coefficient (Wildman–Crippen LogP) is 6.05. The van der Waals surface area contributed by atoms with E-state index in [0.29, 0.717) is 5.02 Å². The van der Waals surface area contributed by atoms with Gasteiger partial charge in [0.25, 0.3) is 0 Å². The Balaban J connectivity index is 1.93. The van der Waals surface area contributed by atoms with E-state index in [4.69, 9.17) is 16.3 Å². The second-order valence-electron chi connectivity index (χ2n) is 4.21. The monoisotopic (exact) mass is 332 g/mol. The summed E-state index contributed by atoms with van der Waals surface area (Å²) in [6.45, 7) is 0. The Kier molecular flexibility index (Phi) is 3.45. The van der Waals surface area contributed by atoms with Crippen LogP contribution in [-0.4, -0.2) is 0 Å². The molecule has 0 aliphatic heterocycles.